The molecule has 0 aliphatic heterocycles. The Kier molecular flexibility index (Phi) is 5.81. The minimum atomic E-state index is -3.33. The van der Waals surface area contributed by atoms with Crippen molar-refractivity contribution in [1.29, 1.82) is 0 Å². The second-order valence-electron chi connectivity index (χ2n) is 6.49. The molecule has 0 saturated heterocycles. The summed E-state index contributed by atoms with van der Waals surface area (Å²) in [6.45, 7) is 2.15. The van der Waals surface area contributed by atoms with E-state index in [1.54, 1.807) is 26.4 Å². The number of nitrogens with zero attached hydrogens (tertiary/aromatic N) is 1. The number of nitrogens with two attached hydrogens (primary N) is 1. The Bertz CT molecular complexity index is 1070. The first-order chi connectivity index (χ1) is 13.4. The standard InChI is InChI=1S/C20H25N3O4S/c1-4-11-28(24,25)22-15-7-5-14(6-8-15)20-19(21)17-10-9-16(27-3)12-18(17)23(20)13-26-2/h5-10,12,22H,4,11,13,21H2,1-3H3. The van der Waals surface area contributed by atoms with Crippen molar-refractivity contribution in [2.45, 2.75) is 20.1 Å². The number of nitrogens with one attached hydrogen (secondary N) is 1. The number of hydrogen-bond acceptors (Lipinski definition) is 5. The minimum absolute atomic E-state index is 0.0889. The van der Waals surface area contributed by atoms with Gasteiger partial charge in [0.1, 0.15) is 12.5 Å². The summed E-state index contributed by atoms with van der Waals surface area (Å²) in [5.74, 6) is 0.820. The molecule has 7 nitrogen and oxygen atoms in total. The Morgan fingerprint density at radius 2 is 1.82 bits per heavy atom. The van der Waals surface area contributed by atoms with Gasteiger partial charge in [0.25, 0.3) is 0 Å². The number of sulfonamides is 1. The van der Waals surface area contributed by atoms with E-state index in [0.29, 0.717) is 24.5 Å². The van der Waals surface area contributed by atoms with Crippen molar-refractivity contribution in [2.24, 2.45) is 0 Å². The fourth-order valence-corrected chi connectivity index (χ4v) is 4.39. The Hall–Kier alpha value is -2.71. The van der Waals surface area contributed by atoms with Crippen molar-refractivity contribution in [1.82, 2.24) is 4.57 Å². The van der Waals surface area contributed by atoms with Gasteiger partial charge < -0.3 is 19.8 Å². The lowest BCUT2D eigenvalue weighted by Crippen LogP contribution is -2.15. The van der Waals surface area contributed by atoms with Crippen molar-refractivity contribution >= 4 is 32.3 Å². The molecular weight excluding hydrogens is 378 g/mol. The summed E-state index contributed by atoms with van der Waals surface area (Å²) in [6, 6.07) is 12.9. The lowest BCUT2D eigenvalue weighted by molar-refractivity contribution is 0.136. The Morgan fingerprint density at radius 1 is 1.11 bits per heavy atom. The Morgan fingerprint density at radius 3 is 2.43 bits per heavy atom. The lowest BCUT2D eigenvalue weighted by atomic mass is 10.1. The van der Waals surface area contributed by atoms with Crippen LogP contribution in [0.2, 0.25) is 0 Å². The average molecular weight is 404 g/mol. The van der Waals surface area contributed by atoms with Gasteiger partial charge in [0.2, 0.25) is 10.0 Å². The van der Waals surface area contributed by atoms with Gasteiger partial charge in [-0.1, -0.05) is 19.1 Å². The smallest absolute Gasteiger partial charge is 0.232 e. The normalized spacial score (nSPS) is 11.7. The number of ether oxygens (including phenoxy) is 2. The molecule has 2 aromatic carbocycles. The van der Waals surface area contributed by atoms with Gasteiger partial charge in [0.15, 0.2) is 0 Å². The second kappa shape index (κ2) is 8.12. The van der Waals surface area contributed by atoms with E-state index in [-0.39, 0.29) is 5.75 Å². The first kappa shape index (κ1) is 20.0. The first-order valence-corrected chi connectivity index (χ1v) is 10.6. The molecule has 0 spiro atoms. The van der Waals surface area contributed by atoms with Crippen molar-refractivity contribution < 1.29 is 17.9 Å². The maximum absolute atomic E-state index is 12.0. The van der Waals surface area contributed by atoms with Crippen molar-refractivity contribution in [3.8, 4) is 17.0 Å². The predicted molar refractivity (Wildman–Crippen MR) is 113 cm³/mol. The van der Waals surface area contributed by atoms with E-state index in [9.17, 15) is 8.42 Å². The molecule has 3 aromatic rings. The molecule has 0 aliphatic carbocycles. The summed E-state index contributed by atoms with van der Waals surface area (Å²) in [6.07, 6.45) is 0.560. The molecule has 0 atom stereocenters. The highest BCUT2D eigenvalue weighted by atomic mass is 32.2. The molecule has 3 N–H and O–H groups in total. The molecule has 0 amide bonds. The highest BCUT2D eigenvalue weighted by Gasteiger charge is 2.17. The third-order valence-electron chi connectivity index (χ3n) is 4.47. The van der Waals surface area contributed by atoms with Crippen LogP contribution in [0.15, 0.2) is 42.5 Å². The minimum Gasteiger partial charge on any atom is -0.497 e. The van der Waals surface area contributed by atoms with Crippen LogP contribution < -0.4 is 15.2 Å². The first-order valence-electron chi connectivity index (χ1n) is 8.95. The number of benzene rings is 2. The molecule has 0 radical (unpaired) electrons. The van der Waals surface area contributed by atoms with Crippen LogP contribution in [0.25, 0.3) is 22.2 Å². The molecule has 0 unspecified atom stereocenters. The summed E-state index contributed by atoms with van der Waals surface area (Å²) in [7, 11) is -0.0881. The van der Waals surface area contributed by atoms with Crippen molar-refractivity contribution in [2.75, 3.05) is 30.4 Å². The third-order valence-corrected chi connectivity index (χ3v) is 5.97. The summed E-state index contributed by atoms with van der Waals surface area (Å²) in [5.41, 5.74) is 10.2. The van der Waals surface area contributed by atoms with Crippen LogP contribution in [0, 0.1) is 0 Å². The van der Waals surface area contributed by atoms with Crippen molar-refractivity contribution in [3.05, 3.63) is 42.5 Å². The van der Waals surface area contributed by atoms with E-state index in [0.717, 1.165) is 27.9 Å². The molecule has 0 aliphatic rings. The van der Waals surface area contributed by atoms with Crippen LogP contribution >= 0.6 is 0 Å². The van der Waals surface area contributed by atoms with Crippen LogP contribution in [-0.4, -0.2) is 33.0 Å². The van der Waals surface area contributed by atoms with Crippen LogP contribution in [-0.2, 0) is 21.5 Å². The van der Waals surface area contributed by atoms with Crippen LogP contribution in [0.1, 0.15) is 13.3 Å². The summed E-state index contributed by atoms with van der Waals surface area (Å²) in [5, 5.41) is 0.903. The van der Waals surface area contributed by atoms with Gasteiger partial charge >= 0.3 is 0 Å². The predicted octanol–water partition coefficient (Wildman–Crippen LogP) is 3.65. The average Bonchev–Trinajstić information content (AvgIpc) is 2.94. The van der Waals surface area contributed by atoms with Gasteiger partial charge in [-0.3, -0.25) is 4.72 Å². The molecule has 1 aromatic heterocycles. The van der Waals surface area contributed by atoms with E-state index in [4.69, 9.17) is 15.2 Å². The van der Waals surface area contributed by atoms with E-state index >= 15 is 0 Å². The molecule has 8 heteroatoms. The number of rotatable bonds is 8. The maximum Gasteiger partial charge on any atom is 0.232 e. The Balaban J connectivity index is 2.05. The van der Waals surface area contributed by atoms with E-state index in [1.807, 2.05) is 41.8 Å². The van der Waals surface area contributed by atoms with Crippen LogP contribution in [0.3, 0.4) is 0 Å². The maximum atomic E-state index is 12.0. The number of anilines is 2. The van der Waals surface area contributed by atoms with Gasteiger partial charge in [-0.25, -0.2) is 8.42 Å². The van der Waals surface area contributed by atoms with Crippen LogP contribution in [0.5, 0.6) is 5.75 Å². The monoisotopic (exact) mass is 403 g/mol. The van der Waals surface area contributed by atoms with E-state index in [2.05, 4.69) is 4.72 Å². The zero-order chi connectivity index (χ0) is 20.3. The number of hydrogen-bond donors (Lipinski definition) is 2. The van der Waals surface area contributed by atoms with Gasteiger partial charge in [0.05, 0.1) is 29.8 Å². The summed E-state index contributed by atoms with van der Waals surface area (Å²) < 4.78 is 39.2. The second-order valence-corrected chi connectivity index (χ2v) is 8.33. The largest absolute Gasteiger partial charge is 0.497 e. The van der Waals surface area contributed by atoms with Gasteiger partial charge in [-0.2, -0.15) is 0 Å². The van der Waals surface area contributed by atoms with E-state index in [1.165, 1.54) is 0 Å². The fourth-order valence-electron chi connectivity index (χ4n) is 3.25. The molecule has 28 heavy (non-hydrogen) atoms. The van der Waals surface area contributed by atoms with Gasteiger partial charge in [0, 0.05) is 29.8 Å². The number of aromatic nitrogens is 1. The topological polar surface area (TPSA) is 95.6 Å². The van der Waals surface area contributed by atoms with Crippen LogP contribution in [0.4, 0.5) is 11.4 Å². The molecule has 3 rings (SSSR count). The van der Waals surface area contributed by atoms with Gasteiger partial charge in [-0.15, -0.1) is 0 Å². The number of fused-ring (bicyclic) bond motifs is 1. The van der Waals surface area contributed by atoms with Crippen molar-refractivity contribution in [3.63, 3.8) is 0 Å². The molecule has 0 bridgehead atoms. The molecular formula is C20H25N3O4S. The third kappa shape index (κ3) is 3.93. The number of nitrogen functional groups attached to an aromatic ring is 1. The van der Waals surface area contributed by atoms with E-state index < -0.39 is 10.0 Å². The molecule has 0 saturated carbocycles. The summed E-state index contributed by atoms with van der Waals surface area (Å²) >= 11 is 0. The van der Waals surface area contributed by atoms with Gasteiger partial charge in [-0.05, 0) is 30.7 Å². The lowest BCUT2D eigenvalue weighted by Gasteiger charge is -2.12. The quantitative estimate of drug-likeness (QED) is 0.598. The summed E-state index contributed by atoms with van der Waals surface area (Å²) in [4.78, 5) is 0. The zero-order valence-corrected chi connectivity index (χ0v) is 17.0. The zero-order valence-electron chi connectivity index (χ0n) is 16.2. The number of methoxy groups -OCH3 is 2. The molecule has 1 heterocycles. The highest BCUT2D eigenvalue weighted by Crippen LogP contribution is 2.38. The molecule has 0 fully saturated rings. The SMILES string of the molecule is CCCS(=O)(=O)Nc1ccc(-c2c(N)c3ccc(OC)cc3n2COC)cc1. The fraction of sp³-hybridized carbons (Fsp3) is 0.300. The highest BCUT2D eigenvalue weighted by molar-refractivity contribution is 7.92. The Labute approximate surface area is 165 Å². The molecule has 150 valence electrons.